The highest BCUT2D eigenvalue weighted by atomic mass is 16.6. The molecule has 0 fully saturated rings. The first-order chi connectivity index (χ1) is 13.9. The van der Waals surface area contributed by atoms with E-state index in [0.29, 0.717) is 5.76 Å². The molecule has 13 nitrogen and oxygen atoms in total. The number of methoxy groups -OCH3 is 1. The number of hydrogen-bond donors (Lipinski definition) is 5. The molecule has 5 amide bonds. The number of carbonyl (C=O) groups excluding carboxylic acids is 3. The number of nitro benzene ring substituents is 1. The summed E-state index contributed by atoms with van der Waals surface area (Å²) in [7, 11) is 1.33. The van der Waals surface area contributed by atoms with Gasteiger partial charge in [0.15, 0.2) is 0 Å². The standard InChI is InChI=1S/C16H18N6O7/c1-28-13-5-4-10(22(26)27)7-12(13)19-16(25)21-20-14(23)9-18-15(24)17-8-11-3-2-6-29-11/h2-7H,8-9H2,1H3,(H,20,23)(H2,17,18,24)(H2,19,21,25). The Morgan fingerprint density at radius 3 is 2.59 bits per heavy atom. The van der Waals surface area contributed by atoms with Gasteiger partial charge in [-0.3, -0.25) is 20.3 Å². The largest absolute Gasteiger partial charge is 0.495 e. The summed E-state index contributed by atoms with van der Waals surface area (Å²) in [5.41, 5.74) is 3.89. The van der Waals surface area contributed by atoms with Gasteiger partial charge in [0.2, 0.25) is 0 Å². The van der Waals surface area contributed by atoms with Gasteiger partial charge in [-0.2, -0.15) is 0 Å². The molecule has 154 valence electrons. The number of non-ortho nitro benzene ring substituents is 1. The van der Waals surface area contributed by atoms with Crippen LogP contribution in [0.2, 0.25) is 0 Å². The van der Waals surface area contributed by atoms with Gasteiger partial charge in [-0.25, -0.2) is 15.0 Å². The summed E-state index contributed by atoms with van der Waals surface area (Å²) in [6.07, 6.45) is 1.46. The molecule has 13 heteroatoms. The number of ether oxygens (including phenoxy) is 1. The molecule has 0 bridgehead atoms. The Kier molecular flexibility index (Phi) is 7.36. The van der Waals surface area contributed by atoms with Crippen LogP contribution in [0.1, 0.15) is 5.76 Å². The van der Waals surface area contributed by atoms with Gasteiger partial charge >= 0.3 is 12.1 Å². The second-order valence-electron chi connectivity index (χ2n) is 5.38. The number of benzene rings is 1. The number of amides is 5. The van der Waals surface area contributed by atoms with E-state index in [1.807, 2.05) is 5.43 Å². The third-order valence-corrected chi connectivity index (χ3v) is 3.37. The van der Waals surface area contributed by atoms with E-state index in [1.54, 1.807) is 12.1 Å². The zero-order valence-electron chi connectivity index (χ0n) is 15.2. The van der Waals surface area contributed by atoms with Crippen molar-refractivity contribution in [3.63, 3.8) is 0 Å². The second kappa shape index (κ2) is 10.1. The summed E-state index contributed by atoms with van der Waals surface area (Å²) in [6, 6.07) is 5.49. The number of hydrazine groups is 1. The van der Waals surface area contributed by atoms with Gasteiger partial charge in [-0.15, -0.1) is 0 Å². The number of nitrogens with zero attached hydrogens (tertiary/aromatic N) is 1. The van der Waals surface area contributed by atoms with Crippen LogP contribution in [0.3, 0.4) is 0 Å². The summed E-state index contributed by atoms with van der Waals surface area (Å²) in [6.45, 7) is -0.267. The monoisotopic (exact) mass is 406 g/mol. The van der Waals surface area contributed by atoms with Crippen LogP contribution in [0.25, 0.3) is 0 Å². The van der Waals surface area contributed by atoms with Crippen molar-refractivity contribution in [1.82, 2.24) is 21.5 Å². The molecule has 0 saturated carbocycles. The van der Waals surface area contributed by atoms with E-state index in [-0.39, 0.29) is 23.7 Å². The molecule has 2 aromatic rings. The van der Waals surface area contributed by atoms with E-state index >= 15 is 0 Å². The van der Waals surface area contributed by atoms with E-state index < -0.39 is 29.4 Å². The number of carbonyl (C=O) groups is 3. The molecule has 1 aromatic heterocycles. The van der Waals surface area contributed by atoms with Crippen molar-refractivity contribution < 1.29 is 28.5 Å². The molecule has 5 N–H and O–H groups in total. The van der Waals surface area contributed by atoms with Crippen LogP contribution in [-0.2, 0) is 11.3 Å². The molecule has 0 aliphatic heterocycles. The van der Waals surface area contributed by atoms with Crippen molar-refractivity contribution in [3.05, 3.63) is 52.5 Å². The van der Waals surface area contributed by atoms with Crippen LogP contribution in [0.15, 0.2) is 41.0 Å². The predicted molar refractivity (Wildman–Crippen MR) is 98.9 cm³/mol. The fourth-order valence-corrected chi connectivity index (χ4v) is 2.04. The SMILES string of the molecule is COc1ccc([N+](=O)[O-])cc1NC(=O)NNC(=O)CNC(=O)NCc1ccco1. The molecule has 0 atom stereocenters. The topological polar surface area (TPSA) is 177 Å². The van der Waals surface area contributed by atoms with Gasteiger partial charge in [-0.1, -0.05) is 0 Å². The minimum Gasteiger partial charge on any atom is -0.495 e. The lowest BCUT2D eigenvalue weighted by Gasteiger charge is -2.12. The first-order valence-electron chi connectivity index (χ1n) is 8.11. The fraction of sp³-hybridized carbons (Fsp3) is 0.188. The van der Waals surface area contributed by atoms with Crippen LogP contribution in [0.5, 0.6) is 5.75 Å². The normalized spacial score (nSPS) is 9.83. The van der Waals surface area contributed by atoms with Crippen molar-refractivity contribution in [2.45, 2.75) is 6.54 Å². The van der Waals surface area contributed by atoms with Gasteiger partial charge in [0, 0.05) is 12.1 Å². The van der Waals surface area contributed by atoms with Gasteiger partial charge in [-0.05, 0) is 18.2 Å². The number of hydrogen-bond acceptors (Lipinski definition) is 7. The van der Waals surface area contributed by atoms with E-state index in [1.165, 1.54) is 25.5 Å². The average molecular weight is 406 g/mol. The van der Waals surface area contributed by atoms with Gasteiger partial charge in [0.25, 0.3) is 11.6 Å². The maximum absolute atomic E-state index is 11.9. The molecular formula is C16H18N6O7. The number of nitro groups is 1. The maximum Gasteiger partial charge on any atom is 0.338 e. The Balaban J connectivity index is 1.74. The summed E-state index contributed by atoms with van der Waals surface area (Å²) in [4.78, 5) is 45.3. The minimum absolute atomic E-state index is 0.0314. The van der Waals surface area contributed by atoms with E-state index in [2.05, 4.69) is 21.4 Å². The summed E-state index contributed by atoms with van der Waals surface area (Å²) in [5.74, 6) is 0.0193. The first-order valence-corrected chi connectivity index (χ1v) is 8.11. The number of urea groups is 2. The van der Waals surface area contributed by atoms with Crippen molar-refractivity contribution in [3.8, 4) is 5.75 Å². The lowest BCUT2D eigenvalue weighted by Crippen LogP contribution is -2.49. The highest BCUT2D eigenvalue weighted by Crippen LogP contribution is 2.28. The fourth-order valence-electron chi connectivity index (χ4n) is 2.04. The number of furan rings is 1. The molecule has 0 aliphatic rings. The molecule has 1 heterocycles. The molecule has 2 rings (SSSR count). The quantitative estimate of drug-likeness (QED) is 0.334. The Morgan fingerprint density at radius 1 is 1.14 bits per heavy atom. The van der Waals surface area contributed by atoms with E-state index in [0.717, 1.165) is 6.07 Å². The Bertz CT molecular complexity index is 884. The van der Waals surface area contributed by atoms with Crippen molar-refractivity contribution in [1.29, 1.82) is 0 Å². The Labute approximate surface area is 163 Å². The van der Waals surface area contributed by atoms with Gasteiger partial charge in [0.05, 0.1) is 30.5 Å². The van der Waals surface area contributed by atoms with Crippen molar-refractivity contribution in [2.24, 2.45) is 0 Å². The third-order valence-electron chi connectivity index (χ3n) is 3.37. The van der Waals surface area contributed by atoms with Crippen LogP contribution in [0.4, 0.5) is 21.0 Å². The summed E-state index contributed by atoms with van der Waals surface area (Å²) < 4.78 is 10.0. The van der Waals surface area contributed by atoms with Crippen LogP contribution >= 0.6 is 0 Å². The van der Waals surface area contributed by atoms with Crippen LogP contribution < -0.4 is 31.5 Å². The van der Waals surface area contributed by atoms with Crippen molar-refractivity contribution in [2.75, 3.05) is 19.0 Å². The lowest BCUT2D eigenvalue weighted by molar-refractivity contribution is -0.384. The maximum atomic E-state index is 11.9. The highest BCUT2D eigenvalue weighted by molar-refractivity contribution is 5.93. The minimum atomic E-state index is -0.876. The van der Waals surface area contributed by atoms with Gasteiger partial charge in [0.1, 0.15) is 18.1 Å². The zero-order chi connectivity index (χ0) is 21.2. The molecule has 0 saturated heterocycles. The molecule has 1 aromatic carbocycles. The predicted octanol–water partition coefficient (Wildman–Crippen LogP) is 0.849. The second-order valence-corrected chi connectivity index (χ2v) is 5.38. The smallest absolute Gasteiger partial charge is 0.338 e. The third kappa shape index (κ3) is 6.74. The molecule has 0 spiro atoms. The number of anilines is 1. The first kappa shape index (κ1) is 21.0. The number of nitrogens with one attached hydrogen (secondary N) is 5. The molecule has 0 radical (unpaired) electrons. The molecular weight excluding hydrogens is 388 g/mol. The molecule has 0 aliphatic carbocycles. The Morgan fingerprint density at radius 2 is 1.93 bits per heavy atom. The van der Waals surface area contributed by atoms with Crippen LogP contribution in [0, 0.1) is 10.1 Å². The highest BCUT2D eigenvalue weighted by Gasteiger charge is 2.14. The zero-order valence-corrected chi connectivity index (χ0v) is 15.2. The van der Waals surface area contributed by atoms with E-state index in [4.69, 9.17) is 9.15 Å². The lowest BCUT2D eigenvalue weighted by atomic mass is 10.2. The van der Waals surface area contributed by atoms with Gasteiger partial charge < -0.3 is 25.1 Å². The number of rotatable bonds is 7. The molecule has 0 unspecified atom stereocenters. The summed E-state index contributed by atoms with van der Waals surface area (Å²) >= 11 is 0. The van der Waals surface area contributed by atoms with Crippen molar-refractivity contribution >= 4 is 29.3 Å². The summed E-state index contributed by atoms with van der Waals surface area (Å²) in [5, 5.41) is 17.9. The molecule has 29 heavy (non-hydrogen) atoms. The van der Waals surface area contributed by atoms with E-state index in [9.17, 15) is 24.5 Å². The Hall–Kier alpha value is -4.29. The average Bonchev–Trinajstić information content (AvgIpc) is 3.22. The van der Waals surface area contributed by atoms with Crippen LogP contribution in [-0.4, -0.2) is 36.5 Å².